The van der Waals surface area contributed by atoms with Crippen LogP contribution in [0.1, 0.15) is 49.8 Å². The first-order valence-corrected chi connectivity index (χ1v) is 11.6. The Labute approximate surface area is 200 Å². The van der Waals surface area contributed by atoms with Crippen molar-refractivity contribution in [3.05, 3.63) is 78.0 Å². The zero-order valence-corrected chi connectivity index (χ0v) is 20.2. The molecule has 7 heteroatoms. The van der Waals surface area contributed by atoms with E-state index < -0.39 is 5.60 Å². The minimum absolute atomic E-state index is 0.336. The first-order valence-electron chi connectivity index (χ1n) is 11.6. The summed E-state index contributed by atoms with van der Waals surface area (Å²) >= 11 is 0. The van der Waals surface area contributed by atoms with Gasteiger partial charge in [0.05, 0.1) is 16.8 Å². The molecule has 0 aliphatic rings. The molecule has 0 bridgehead atoms. The summed E-state index contributed by atoms with van der Waals surface area (Å²) in [7, 11) is 1.96. The van der Waals surface area contributed by atoms with Crippen LogP contribution in [-0.2, 0) is 12.1 Å². The third-order valence-corrected chi connectivity index (χ3v) is 6.08. The highest BCUT2D eigenvalue weighted by Gasteiger charge is 2.17. The van der Waals surface area contributed by atoms with Crippen LogP contribution in [0.25, 0.3) is 22.2 Å². The second-order valence-corrected chi connectivity index (χ2v) is 9.17. The fourth-order valence-electron chi connectivity index (χ4n) is 4.10. The van der Waals surface area contributed by atoms with Crippen LogP contribution in [0.4, 0.5) is 5.82 Å². The monoisotopic (exact) mass is 456 g/mol. The number of nitrogens with one attached hydrogen (secondary N) is 2. The second kappa shape index (κ2) is 10.2. The van der Waals surface area contributed by atoms with Crippen molar-refractivity contribution in [2.24, 2.45) is 0 Å². The minimum atomic E-state index is -0.961. The second-order valence-electron chi connectivity index (χ2n) is 9.17. The molecule has 1 unspecified atom stereocenters. The van der Waals surface area contributed by atoms with E-state index in [0.717, 1.165) is 47.7 Å². The van der Waals surface area contributed by atoms with Gasteiger partial charge in [0.25, 0.3) is 0 Å². The van der Waals surface area contributed by atoms with Crippen LogP contribution < -0.4 is 10.6 Å². The Morgan fingerprint density at radius 3 is 2.71 bits per heavy atom. The molecule has 7 nitrogen and oxygen atoms in total. The fraction of sp³-hybridized carbons (Fsp3) is 0.333. The average molecular weight is 457 g/mol. The van der Waals surface area contributed by atoms with Gasteiger partial charge >= 0.3 is 0 Å². The van der Waals surface area contributed by atoms with Crippen molar-refractivity contribution in [2.45, 2.75) is 45.3 Å². The van der Waals surface area contributed by atoms with Gasteiger partial charge < -0.3 is 15.7 Å². The van der Waals surface area contributed by atoms with Gasteiger partial charge in [-0.1, -0.05) is 25.1 Å². The Bertz CT molecular complexity index is 1270. The Balaban J connectivity index is 1.45. The zero-order valence-electron chi connectivity index (χ0n) is 20.2. The van der Waals surface area contributed by atoms with Crippen molar-refractivity contribution < 1.29 is 5.11 Å². The van der Waals surface area contributed by atoms with Crippen LogP contribution in [0, 0.1) is 0 Å². The van der Waals surface area contributed by atoms with E-state index >= 15 is 0 Å². The molecule has 0 aliphatic carbocycles. The summed E-state index contributed by atoms with van der Waals surface area (Å²) in [6, 6.07) is 12.3. The average Bonchev–Trinajstić information content (AvgIpc) is 2.84. The number of fused-ring (bicyclic) bond motifs is 1. The lowest BCUT2D eigenvalue weighted by molar-refractivity contribution is 0.0783. The van der Waals surface area contributed by atoms with Crippen molar-refractivity contribution in [1.29, 1.82) is 0 Å². The van der Waals surface area contributed by atoms with Crippen LogP contribution in [0.5, 0.6) is 0 Å². The van der Waals surface area contributed by atoms with E-state index in [2.05, 4.69) is 61.8 Å². The maximum absolute atomic E-state index is 10.3. The van der Waals surface area contributed by atoms with Crippen molar-refractivity contribution in [3.63, 3.8) is 0 Å². The molecule has 3 N–H and O–H groups in total. The number of aliphatic hydroxyl groups is 1. The summed E-state index contributed by atoms with van der Waals surface area (Å²) in [5, 5.41) is 18.2. The molecule has 0 fully saturated rings. The molecule has 34 heavy (non-hydrogen) atoms. The third kappa shape index (κ3) is 5.38. The van der Waals surface area contributed by atoms with Crippen LogP contribution in [0.15, 0.2) is 61.3 Å². The van der Waals surface area contributed by atoms with E-state index in [0.29, 0.717) is 5.92 Å². The third-order valence-electron chi connectivity index (χ3n) is 6.08. The number of nitrogens with zero attached hydrogens (tertiary/aromatic N) is 4. The lowest BCUT2D eigenvalue weighted by atomic mass is 9.94. The highest BCUT2D eigenvalue weighted by Crippen LogP contribution is 2.28. The number of anilines is 1. The summed E-state index contributed by atoms with van der Waals surface area (Å²) in [5.41, 5.74) is 4.99. The molecular formula is C27H32N6O. The number of para-hydroxylation sites is 1. The topological polar surface area (TPSA) is 95.9 Å². The number of rotatable bonds is 9. The predicted molar refractivity (Wildman–Crippen MR) is 137 cm³/mol. The minimum Gasteiger partial charge on any atom is -0.386 e. The van der Waals surface area contributed by atoms with Crippen LogP contribution >= 0.6 is 0 Å². The number of hydrogen-bond donors (Lipinski definition) is 3. The Morgan fingerprint density at radius 1 is 1.06 bits per heavy atom. The summed E-state index contributed by atoms with van der Waals surface area (Å²) in [4.78, 5) is 17.7. The van der Waals surface area contributed by atoms with Gasteiger partial charge in [-0.05, 0) is 56.5 Å². The summed E-state index contributed by atoms with van der Waals surface area (Å²) in [5.74, 6) is 1.10. The molecule has 4 aromatic rings. The van der Waals surface area contributed by atoms with E-state index in [-0.39, 0.29) is 0 Å². The summed E-state index contributed by atoms with van der Waals surface area (Å²) < 4.78 is 0. The van der Waals surface area contributed by atoms with E-state index in [1.165, 1.54) is 16.5 Å². The van der Waals surface area contributed by atoms with Crippen molar-refractivity contribution in [2.75, 3.05) is 18.9 Å². The van der Waals surface area contributed by atoms with E-state index in [1.54, 1.807) is 32.6 Å². The molecule has 0 saturated heterocycles. The molecular weight excluding hydrogens is 424 g/mol. The zero-order chi connectivity index (χ0) is 24.1. The van der Waals surface area contributed by atoms with Crippen molar-refractivity contribution >= 4 is 16.7 Å². The van der Waals surface area contributed by atoms with E-state index in [4.69, 9.17) is 0 Å². The van der Waals surface area contributed by atoms with Gasteiger partial charge in [-0.2, -0.15) is 0 Å². The van der Waals surface area contributed by atoms with Crippen molar-refractivity contribution in [1.82, 2.24) is 25.3 Å². The summed E-state index contributed by atoms with van der Waals surface area (Å²) in [6.07, 6.45) is 7.81. The molecule has 0 saturated carbocycles. The smallest absolute Gasteiger partial charge is 0.129 e. The number of pyridine rings is 2. The summed E-state index contributed by atoms with van der Waals surface area (Å²) in [6.45, 7) is 7.32. The standard InChI is InChI=1S/C27H32N6O/c1-18(22-6-5-7-23-19(14-28-4)9-11-31-26(22)23)8-10-30-25-13-24(32-17-33-25)20-12-21(16-29-15-20)27(2,3)34/h5-7,9,11-13,15-18,28,34H,8,10,14H2,1-4H3,(H,30,32,33). The number of aromatic nitrogens is 4. The molecule has 0 aliphatic heterocycles. The van der Waals surface area contributed by atoms with E-state index in [9.17, 15) is 5.11 Å². The molecule has 3 heterocycles. The molecule has 0 amide bonds. The Kier molecular flexibility index (Phi) is 7.14. The van der Waals surface area contributed by atoms with Gasteiger partial charge in [0, 0.05) is 54.3 Å². The molecule has 176 valence electrons. The van der Waals surface area contributed by atoms with Gasteiger partial charge in [0.2, 0.25) is 0 Å². The van der Waals surface area contributed by atoms with Crippen LogP contribution in [-0.4, -0.2) is 38.6 Å². The van der Waals surface area contributed by atoms with Gasteiger partial charge in [-0.3, -0.25) is 9.97 Å². The number of benzene rings is 1. The van der Waals surface area contributed by atoms with Gasteiger partial charge in [0.15, 0.2) is 0 Å². The first kappa shape index (κ1) is 23.7. The van der Waals surface area contributed by atoms with Crippen molar-refractivity contribution in [3.8, 4) is 11.3 Å². The largest absolute Gasteiger partial charge is 0.386 e. The number of hydrogen-bond acceptors (Lipinski definition) is 7. The fourth-order valence-corrected chi connectivity index (χ4v) is 4.10. The van der Waals surface area contributed by atoms with Gasteiger partial charge in [0.1, 0.15) is 12.1 Å². The molecule has 1 atom stereocenters. The lowest BCUT2D eigenvalue weighted by Gasteiger charge is -2.18. The Hall–Kier alpha value is -3.42. The molecule has 1 aromatic carbocycles. The SMILES string of the molecule is CNCc1ccnc2c(C(C)CCNc3cc(-c4cncc(C(C)(C)O)c4)ncn3)cccc12. The van der Waals surface area contributed by atoms with Crippen LogP contribution in [0.2, 0.25) is 0 Å². The van der Waals surface area contributed by atoms with Gasteiger partial charge in [-0.15, -0.1) is 0 Å². The first-order chi connectivity index (χ1) is 16.4. The highest BCUT2D eigenvalue weighted by atomic mass is 16.3. The van der Waals surface area contributed by atoms with Gasteiger partial charge in [-0.25, -0.2) is 9.97 Å². The quantitative estimate of drug-likeness (QED) is 0.338. The highest BCUT2D eigenvalue weighted by molar-refractivity contribution is 5.85. The lowest BCUT2D eigenvalue weighted by Crippen LogP contribution is -2.15. The normalized spacial score (nSPS) is 12.6. The maximum Gasteiger partial charge on any atom is 0.129 e. The molecule has 0 radical (unpaired) electrons. The van der Waals surface area contributed by atoms with E-state index in [1.807, 2.05) is 25.4 Å². The van der Waals surface area contributed by atoms with Crippen LogP contribution in [0.3, 0.4) is 0 Å². The predicted octanol–water partition coefficient (Wildman–Crippen LogP) is 4.64. The molecule has 3 aromatic heterocycles. The Morgan fingerprint density at radius 2 is 1.91 bits per heavy atom. The molecule has 4 rings (SSSR count). The molecule has 0 spiro atoms. The maximum atomic E-state index is 10.3.